The maximum atomic E-state index is 9.56. The van der Waals surface area contributed by atoms with Gasteiger partial charge in [-0.2, -0.15) is 10.5 Å². The minimum Gasteiger partial charge on any atom is -0.388 e. The molecule has 0 aliphatic heterocycles. The number of aliphatic imine (C=N–C) groups is 1. The largest absolute Gasteiger partial charge is 0.388 e. The van der Waals surface area contributed by atoms with Crippen molar-refractivity contribution in [3.63, 3.8) is 0 Å². The predicted octanol–water partition coefficient (Wildman–Crippen LogP) is 4.22. The van der Waals surface area contributed by atoms with Crippen molar-refractivity contribution >= 4 is 49.3 Å². The van der Waals surface area contributed by atoms with Gasteiger partial charge in [0.25, 0.3) is 0 Å². The standard InChI is InChI=1S/C21H12N4.C2H6OS/c22-10-18(24)19(11-23)25-12-16-7-6-15-5-4-13-2-1-3-14-8-9-17(16)21(15)20(13)14;1-4(2)3/h1-9,12H,24H2;1-2H3/b19-18-,25-12?;. The van der Waals surface area contributed by atoms with Crippen molar-refractivity contribution in [2.24, 2.45) is 10.7 Å². The summed E-state index contributed by atoms with van der Waals surface area (Å²) in [5, 5.41) is 24.9. The van der Waals surface area contributed by atoms with E-state index < -0.39 is 10.8 Å². The second kappa shape index (κ2) is 8.52. The number of benzene rings is 4. The van der Waals surface area contributed by atoms with Gasteiger partial charge < -0.3 is 5.73 Å². The summed E-state index contributed by atoms with van der Waals surface area (Å²) < 4.78 is 9.56. The number of rotatable bonds is 2. The Morgan fingerprint density at radius 2 is 1.48 bits per heavy atom. The zero-order valence-corrected chi connectivity index (χ0v) is 16.8. The van der Waals surface area contributed by atoms with E-state index in [-0.39, 0.29) is 11.4 Å². The first-order valence-corrected chi connectivity index (χ1v) is 10.7. The predicted molar refractivity (Wildman–Crippen MR) is 120 cm³/mol. The smallest absolute Gasteiger partial charge is 0.174 e. The molecule has 0 amide bonds. The van der Waals surface area contributed by atoms with E-state index in [1.165, 1.54) is 21.5 Å². The Bertz CT molecular complexity index is 1350. The maximum Gasteiger partial charge on any atom is 0.174 e. The number of nitrogens with two attached hydrogens (primary N) is 1. The molecule has 5 nitrogen and oxygen atoms in total. The van der Waals surface area contributed by atoms with Crippen LogP contribution in [0.2, 0.25) is 0 Å². The van der Waals surface area contributed by atoms with E-state index in [0.717, 1.165) is 16.3 Å². The van der Waals surface area contributed by atoms with Crippen molar-refractivity contribution in [1.29, 1.82) is 10.5 Å². The molecule has 0 spiro atoms. The topological polar surface area (TPSA) is 103 Å². The lowest BCUT2D eigenvalue weighted by molar-refractivity contribution is 0.690. The second-order valence-corrected chi connectivity index (χ2v) is 7.98. The Balaban J connectivity index is 0.000000552. The van der Waals surface area contributed by atoms with Gasteiger partial charge in [0.2, 0.25) is 0 Å². The molecule has 0 saturated carbocycles. The minimum absolute atomic E-state index is 0.0757. The van der Waals surface area contributed by atoms with Crippen molar-refractivity contribution in [2.45, 2.75) is 0 Å². The molecule has 4 aromatic rings. The van der Waals surface area contributed by atoms with E-state index in [9.17, 15) is 4.21 Å². The molecule has 0 aromatic heterocycles. The third-order valence-corrected chi connectivity index (χ3v) is 4.38. The lowest BCUT2D eigenvalue weighted by Gasteiger charge is -2.12. The van der Waals surface area contributed by atoms with E-state index in [1.54, 1.807) is 24.8 Å². The van der Waals surface area contributed by atoms with E-state index in [1.807, 2.05) is 18.2 Å². The lowest BCUT2D eigenvalue weighted by Crippen LogP contribution is -1.98. The first kappa shape index (κ1) is 20.0. The summed E-state index contributed by atoms with van der Waals surface area (Å²) in [5.74, 6) is 0. The van der Waals surface area contributed by atoms with Gasteiger partial charge in [0, 0.05) is 35.1 Å². The first-order valence-electron chi connectivity index (χ1n) is 8.72. The van der Waals surface area contributed by atoms with Crippen LogP contribution in [0.1, 0.15) is 5.56 Å². The van der Waals surface area contributed by atoms with E-state index in [2.05, 4.69) is 47.5 Å². The van der Waals surface area contributed by atoms with Crippen LogP contribution in [0.25, 0.3) is 32.3 Å². The third-order valence-electron chi connectivity index (χ3n) is 4.38. The minimum atomic E-state index is -0.611. The fourth-order valence-electron chi connectivity index (χ4n) is 3.22. The summed E-state index contributed by atoms with van der Waals surface area (Å²) in [6, 6.07) is 22.3. The third kappa shape index (κ3) is 4.08. The molecular weight excluding hydrogens is 380 g/mol. The summed E-state index contributed by atoms with van der Waals surface area (Å²) >= 11 is 0. The summed E-state index contributed by atoms with van der Waals surface area (Å²) in [6.07, 6.45) is 4.87. The Kier molecular flexibility index (Phi) is 5.87. The van der Waals surface area contributed by atoms with Crippen molar-refractivity contribution in [3.05, 3.63) is 71.6 Å². The molecule has 29 heavy (non-hydrogen) atoms. The Hall–Kier alpha value is -3.74. The van der Waals surface area contributed by atoms with E-state index in [4.69, 9.17) is 16.3 Å². The van der Waals surface area contributed by atoms with E-state index >= 15 is 0 Å². The normalized spacial score (nSPS) is 12.0. The van der Waals surface area contributed by atoms with Gasteiger partial charge >= 0.3 is 0 Å². The molecule has 0 saturated heterocycles. The van der Waals surface area contributed by atoms with Gasteiger partial charge in [-0.15, -0.1) is 0 Å². The van der Waals surface area contributed by atoms with Crippen molar-refractivity contribution in [1.82, 2.24) is 0 Å². The van der Waals surface area contributed by atoms with E-state index in [0.29, 0.717) is 0 Å². The van der Waals surface area contributed by atoms with Crippen LogP contribution in [0.3, 0.4) is 0 Å². The van der Waals surface area contributed by atoms with Crippen LogP contribution < -0.4 is 5.73 Å². The van der Waals surface area contributed by atoms with Crippen LogP contribution in [0.5, 0.6) is 0 Å². The Morgan fingerprint density at radius 1 is 0.931 bits per heavy atom. The van der Waals surface area contributed by atoms with Crippen LogP contribution >= 0.6 is 0 Å². The summed E-state index contributed by atoms with van der Waals surface area (Å²) in [4.78, 5) is 4.11. The van der Waals surface area contributed by atoms with Crippen molar-refractivity contribution in [3.8, 4) is 12.1 Å². The van der Waals surface area contributed by atoms with Gasteiger partial charge in [-0.1, -0.05) is 54.6 Å². The molecule has 0 atom stereocenters. The first-order chi connectivity index (χ1) is 14.0. The molecule has 0 bridgehead atoms. The van der Waals surface area contributed by atoms with Gasteiger partial charge in [-0.05, 0) is 32.3 Å². The molecule has 2 N–H and O–H groups in total. The zero-order valence-electron chi connectivity index (χ0n) is 16.0. The summed E-state index contributed by atoms with van der Waals surface area (Å²) in [6.45, 7) is 0. The SMILES string of the molecule is CS(C)=O.N#C/C(N)=C(\C#N)N=Cc1ccc2ccc3cccc4ccc1c2c34. The molecule has 142 valence electrons. The molecule has 4 rings (SSSR count). The van der Waals surface area contributed by atoms with Gasteiger partial charge in [0.05, 0.1) is 0 Å². The maximum absolute atomic E-state index is 9.56. The zero-order chi connectivity index (χ0) is 21.0. The fraction of sp³-hybridized carbons (Fsp3) is 0.0870. The van der Waals surface area contributed by atoms with Crippen molar-refractivity contribution < 1.29 is 4.21 Å². The average Bonchev–Trinajstić information content (AvgIpc) is 2.72. The quantitative estimate of drug-likeness (QED) is 0.310. The number of allylic oxidation sites excluding steroid dienone is 2. The van der Waals surface area contributed by atoms with Gasteiger partial charge in [-0.25, -0.2) is 4.99 Å². The van der Waals surface area contributed by atoms with Crippen LogP contribution in [0.4, 0.5) is 0 Å². The highest BCUT2D eigenvalue weighted by Crippen LogP contribution is 2.35. The molecule has 0 aliphatic rings. The highest BCUT2D eigenvalue weighted by atomic mass is 32.2. The number of nitrogens with zero attached hydrogens (tertiary/aromatic N) is 3. The van der Waals surface area contributed by atoms with Crippen LogP contribution in [0, 0.1) is 22.7 Å². The number of hydrogen-bond donors (Lipinski definition) is 1. The molecule has 6 heteroatoms. The highest BCUT2D eigenvalue weighted by Gasteiger charge is 2.10. The lowest BCUT2D eigenvalue weighted by atomic mass is 9.92. The summed E-state index contributed by atoms with van der Waals surface area (Å²) in [7, 11) is -0.611. The van der Waals surface area contributed by atoms with Gasteiger partial charge in [0.15, 0.2) is 5.70 Å². The molecule has 0 aliphatic carbocycles. The van der Waals surface area contributed by atoms with Crippen LogP contribution in [0.15, 0.2) is 71.0 Å². The highest BCUT2D eigenvalue weighted by molar-refractivity contribution is 7.83. The fourth-order valence-corrected chi connectivity index (χ4v) is 3.22. The molecule has 0 radical (unpaired) electrons. The number of hydrogen-bond acceptors (Lipinski definition) is 5. The van der Waals surface area contributed by atoms with Gasteiger partial charge in [-0.3, -0.25) is 4.21 Å². The molecular formula is C23H18N4OS. The average molecular weight is 398 g/mol. The molecule has 0 fully saturated rings. The monoisotopic (exact) mass is 398 g/mol. The number of nitriles is 2. The van der Waals surface area contributed by atoms with Crippen molar-refractivity contribution in [2.75, 3.05) is 12.5 Å². The Labute approximate surface area is 171 Å². The summed E-state index contributed by atoms with van der Waals surface area (Å²) in [5.41, 5.74) is 6.12. The Morgan fingerprint density at radius 3 is 2.07 bits per heavy atom. The molecule has 4 aromatic carbocycles. The second-order valence-electron chi connectivity index (χ2n) is 6.50. The van der Waals surface area contributed by atoms with Crippen LogP contribution in [-0.2, 0) is 10.8 Å². The molecule has 0 unspecified atom stereocenters. The van der Waals surface area contributed by atoms with Crippen LogP contribution in [-0.4, -0.2) is 22.9 Å². The molecule has 0 heterocycles. The van der Waals surface area contributed by atoms with Gasteiger partial charge in [0.1, 0.15) is 17.8 Å².